The van der Waals surface area contributed by atoms with E-state index in [1.807, 2.05) is 14.1 Å². The molecule has 2 saturated heterocycles. The number of imide groups is 2. The summed E-state index contributed by atoms with van der Waals surface area (Å²) in [4.78, 5) is 76.9. The van der Waals surface area contributed by atoms with E-state index in [-0.39, 0.29) is 60.8 Å². The van der Waals surface area contributed by atoms with E-state index in [0.717, 1.165) is 32.4 Å². The lowest BCUT2D eigenvalue weighted by Gasteiger charge is -2.12. The lowest BCUT2D eigenvalue weighted by molar-refractivity contribution is -0.197. The fourth-order valence-corrected chi connectivity index (χ4v) is 3.90. The summed E-state index contributed by atoms with van der Waals surface area (Å²) in [6, 6.07) is 0. The molecular weight excluding hydrogens is 582 g/mol. The van der Waals surface area contributed by atoms with Crippen LogP contribution < -0.4 is 16.0 Å². The molecule has 0 bridgehead atoms. The van der Waals surface area contributed by atoms with Crippen LogP contribution in [0, 0.1) is 0 Å². The first kappa shape index (κ1) is 49.0. The van der Waals surface area contributed by atoms with Crippen molar-refractivity contribution in [3.8, 4) is 0 Å². The van der Waals surface area contributed by atoms with Crippen molar-refractivity contribution < 1.29 is 38.4 Å². The van der Waals surface area contributed by atoms with Gasteiger partial charge >= 0.3 is 11.9 Å². The molecule has 0 aromatic rings. The Hall–Kier alpha value is -2.90. The molecule has 4 amide bonds. The van der Waals surface area contributed by atoms with Gasteiger partial charge in [-0.25, -0.2) is 9.59 Å². The summed E-state index contributed by atoms with van der Waals surface area (Å²) >= 11 is 0. The molecule has 0 saturated carbocycles. The number of carbonyl (C=O) groups excluding carboxylic acids is 6. The van der Waals surface area contributed by atoms with Crippen LogP contribution in [0.1, 0.15) is 132 Å². The number of hydrogen-bond donors (Lipinski definition) is 3. The molecule has 0 atom stereocenters. The standard InChI is InChI=1S/C16H28N2O4.C9H14N2O4.C4H11N.3CH4/c1-17-13-9-7-5-3-2-4-6-8-10-16(21)22-18-14(19)11-12-15(18)20;1-10-6-2-3-9(14)15-11-7(12)4-5-8(11)13;1-3-4-5-2;;;/h17H,2-13H2,1H3;10H,2-6H2,1H3;5H,3-4H2,1-2H3;3*1H4. The molecular formula is C32H65N5O8. The average Bonchev–Trinajstić information content (AvgIpc) is 3.45. The van der Waals surface area contributed by atoms with Crippen LogP contribution in [0.25, 0.3) is 0 Å². The molecule has 0 aromatic heterocycles. The molecule has 13 heteroatoms. The van der Waals surface area contributed by atoms with Gasteiger partial charge in [-0.1, -0.05) is 67.7 Å². The Labute approximate surface area is 272 Å². The summed E-state index contributed by atoms with van der Waals surface area (Å²) < 4.78 is 0. The Balaban J connectivity index is -0.000000319. The molecule has 45 heavy (non-hydrogen) atoms. The second kappa shape index (κ2) is 32.5. The topological polar surface area (TPSA) is 163 Å². The minimum absolute atomic E-state index is 0. The minimum atomic E-state index is -0.547. The zero-order chi connectivity index (χ0) is 31.6. The third-order valence-corrected chi connectivity index (χ3v) is 6.26. The van der Waals surface area contributed by atoms with Crippen molar-refractivity contribution in [3.05, 3.63) is 0 Å². The number of unbranched alkanes of at least 4 members (excludes halogenated alkanes) is 7. The first-order valence-electron chi connectivity index (χ1n) is 15.3. The number of hydroxylamine groups is 4. The van der Waals surface area contributed by atoms with E-state index in [4.69, 9.17) is 4.84 Å². The van der Waals surface area contributed by atoms with Crippen LogP contribution in [0.2, 0.25) is 0 Å². The average molecular weight is 648 g/mol. The van der Waals surface area contributed by atoms with Crippen LogP contribution in [0.3, 0.4) is 0 Å². The third kappa shape index (κ3) is 25.0. The van der Waals surface area contributed by atoms with E-state index in [1.54, 1.807) is 7.05 Å². The smallest absolute Gasteiger partial charge is 0.330 e. The van der Waals surface area contributed by atoms with Crippen molar-refractivity contribution >= 4 is 35.6 Å². The van der Waals surface area contributed by atoms with Gasteiger partial charge < -0.3 is 25.6 Å². The summed E-state index contributed by atoms with van der Waals surface area (Å²) in [6.07, 6.45) is 11.9. The first-order valence-corrected chi connectivity index (χ1v) is 15.3. The van der Waals surface area contributed by atoms with Gasteiger partial charge in [0, 0.05) is 38.5 Å². The quantitative estimate of drug-likeness (QED) is 0.134. The Bertz CT molecular complexity index is 791. The van der Waals surface area contributed by atoms with E-state index in [0.29, 0.717) is 23.1 Å². The highest BCUT2D eigenvalue weighted by Crippen LogP contribution is 2.15. The molecule has 0 spiro atoms. The van der Waals surface area contributed by atoms with Crippen molar-refractivity contribution in [1.82, 2.24) is 26.1 Å². The number of nitrogens with zero attached hydrogens (tertiary/aromatic N) is 2. The second-order valence-corrected chi connectivity index (χ2v) is 10.1. The molecule has 0 radical (unpaired) electrons. The summed E-state index contributed by atoms with van der Waals surface area (Å²) in [6.45, 7) is 5.07. The number of rotatable bonds is 19. The Kier molecular flexibility index (Phi) is 35.4. The second-order valence-electron chi connectivity index (χ2n) is 10.1. The maximum atomic E-state index is 11.6. The maximum Gasteiger partial charge on any atom is 0.333 e. The molecule has 0 aliphatic carbocycles. The number of nitrogens with one attached hydrogen (secondary N) is 3. The van der Waals surface area contributed by atoms with Crippen LogP contribution in [0.5, 0.6) is 0 Å². The van der Waals surface area contributed by atoms with E-state index in [1.165, 1.54) is 38.5 Å². The maximum absolute atomic E-state index is 11.6. The fourth-order valence-electron chi connectivity index (χ4n) is 3.90. The summed E-state index contributed by atoms with van der Waals surface area (Å²) in [7, 11) is 5.71. The van der Waals surface area contributed by atoms with Gasteiger partial charge in [0.2, 0.25) is 0 Å². The molecule has 266 valence electrons. The van der Waals surface area contributed by atoms with E-state index >= 15 is 0 Å². The SMILES string of the molecule is C.C.C.CCCNC.CNCCCC(=O)ON1C(=O)CCC1=O.CNCCCCCCCCCCC(=O)ON1C(=O)CCC1=O. The van der Waals surface area contributed by atoms with Gasteiger partial charge in [0.25, 0.3) is 23.6 Å². The number of amides is 4. The van der Waals surface area contributed by atoms with Gasteiger partial charge in [-0.3, -0.25) is 19.2 Å². The molecule has 0 aromatic carbocycles. The van der Waals surface area contributed by atoms with Gasteiger partial charge in [-0.15, -0.1) is 10.1 Å². The Morgan fingerprint density at radius 1 is 0.533 bits per heavy atom. The summed E-state index contributed by atoms with van der Waals surface area (Å²) in [5, 5.41) is 10.2. The van der Waals surface area contributed by atoms with Gasteiger partial charge in [-0.2, -0.15) is 0 Å². The first-order chi connectivity index (χ1) is 20.2. The lowest BCUT2D eigenvalue weighted by atomic mass is 10.1. The van der Waals surface area contributed by atoms with Gasteiger partial charge in [0.05, 0.1) is 0 Å². The Morgan fingerprint density at radius 2 is 0.844 bits per heavy atom. The normalized spacial score (nSPS) is 13.4. The van der Waals surface area contributed by atoms with Crippen molar-refractivity contribution in [2.45, 2.75) is 132 Å². The van der Waals surface area contributed by atoms with Crippen molar-refractivity contribution in [3.63, 3.8) is 0 Å². The van der Waals surface area contributed by atoms with Crippen LogP contribution in [-0.4, -0.2) is 86.5 Å². The molecule has 2 aliphatic heterocycles. The predicted molar refractivity (Wildman–Crippen MR) is 177 cm³/mol. The molecule has 13 nitrogen and oxygen atoms in total. The molecule has 3 N–H and O–H groups in total. The summed E-state index contributed by atoms with van der Waals surface area (Å²) in [5.41, 5.74) is 0. The van der Waals surface area contributed by atoms with Gasteiger partial charge in [-0.05, 0) is 66.5 Å². The summed E-state index contributed by atoms with van der Waals surface area (Å²) in [5.74, 6) is -2.76. The van der Waals surface area contributed by atoms with E-state index < -0.39 is 35.6 Å². The van der Waals surface area contributed by atoms with Crippen LogP contribution in [0.15, 0.2) is 0 Å². The van der Waals surface area contributed by atoms with Crippen LogP contribution >= 0.6 is 0 Å². The molecule has 2 aliphatic rings. The third-order valence-electron chi connectivity index (χ3n) is 6.26. The lowest BCUT2D eigenvalue weighted by Crippen LogP contribution is -2.32. The fraction of sp³-hybridized carbons (Fsp3) is 0.812. The minimum Gasteiger partial charge on any atom is -0.330 e. The highest BCUT2D eigenvalue weighted by Gasteiger charge is 2.33. The van der Waals surface area contributed by atoms with Crippen LogP contribution in [0.4, 0.5) is 0 Å². The van der Waals surface area contributed by atoms with E-state index in [2.05, 4.69) is 27.7 Å². The zero-order valence-corrected chi connectivity index (χ0v) is 26.1. The molecule has 2 heterocycles. The predicted octanol–water partition coefficient (Wildman–Crippen LogP) is 4.44. The van der Waals surface area contributed by atoms with Crippen LogP contribution in [-0.2, 0) is 38.4 Å². The van der Waals surface area contributed by atoms with Gasteiger partial charge in [0.15, 0.2) is 0 Å². The molecule has 2 fully saturated rings. The highest BCUT2D eigenvalue weighted by molar-refractivity contribution is 6.02. The molecule has 2 rings (SSSR count). The molecule has 0 unspecified atom stereocenters. The van der Waals surface area contributed by atoms with Crippen molar-refractivity contribution in [2.24, 2.45) is 0 Å². The number of carbonyl (C=O) groups is 6. The number of hydrogen-bond acceptors (Lipinski definition) is 11. The largest absolute Gasteiger partial charge is 0.333 e. The highest BCUT2D eigenvalue weighted by atomic mass is 16.7. The zero-order valence-electron chi connectivity index (χ0n) is 26.1. The van der Waals surface area contributed by atoms with Crippen molar-refractivity contribution in [2.75, 3.05) is 40.8 Å². The van der Waals surface area contributed by atoms with E-state index in [9.17, 15) is 28.8 Å². The monoisotopic (exact) mass is 647 g/mol. The Morgan fingerprint density at radius 3 is 1.18 bits per heavy atom. The van der Waals surface area contributed by atoms with Gasteiger partial charge in [0.1, 0.15) is 0 Å². The van der Waals surface area contributed by atoms with Crippen molar-refractivity contribution in [1.29, 1.82) is 0 Å².